The largest absolute Gasteiger partial charge is 0.306 e. The minimum absolute atomic E-state index is 0.184. The van der Waals surface area contributed by atoms with E-state index < -0.39 is 0 Å². The van der Waals surface area contributed by atoms with E-state index in [0.717, 1.165) is 12.1 Å². The van der Waals surface area contributed by atoms with E-state index in [4.69, 9.17) is 23.2 Å². The van der Waals surface area contributed by atoms with Crippen LogP contribution in [-0.2, 0) is 6.42 Å². The molecule has 0 aliphatic heterocycles. The number of halogens is 2. The highest BCUT2D eigenvalue weighted by Gasteiger charge is 2.09. The quantitative estimate of drug-likeness (QED) is 0.932. The molecular weight excluding hydrogens is 283 g/mol. The van der Waals surface area contributed by atoms with Crippen molar-refractivity contribution in [1.82, 2.24) is 9.97 Å². The van der Waals surface area contributed by atoms with E-state index in [2.05, 4.69) is 23.8 Å². The number of aromatic nitrogens is 2. The number of H-pyrrole nitrogens is 1. The van der Waals surface area contributed by atoms with Gasteiger partial charge >= 0.3 is 0 Å². The molecule has 0 aliphatic rings. The molecular formula is C14H14Cl2N2O. The van der Waals surface area contributed by atoms with Crippen LogP contribution in [0.2, 0.25) is 10.0 Å². The van der Waals surface area contributed by atoms with Gasteiger partial charge < -0.3 is 4.98 Å². The highest BCUT2D eigenvalue weighted by Crippen LogP contribution is 2.27. The van der Waals surface area contributed by atoms with E-state index in [0.29, 0.717) is 27.4 Å². The van der Waals surface area contributed by atoms with Crippen LogP contribution in [-0.4, -0.2) is 9.97 Å². The summed E-state index contributed by atoms with van der Waals surface area (Å²) >= 11 is 12.1. The summed E-state index contributed by atoms with van der Waals surface area (Å²) in [6, 6.07) is 6.60. The van der Waals surface area contributed by atoms with Gasteiger partial charge in [-0.25, -0.2) is 4.98 Å². The summed E-state index contributed by atoms with van der Waals surface area (Å²) in [6.45, 7) is 4.16. The van der Waals surface area contributed by atoms with Gasteiger partial charge in [0, 0.05) is 22.3 Å². The number of nitrogens with one attached hydrogen (secondary N) is 1. The lowest BCUT2D eigenvalue weighted by Crippen LogP contribution is -2.12. The molecule has 5 heteroatoms. The van der Waals surface area contributed by atoms with Crippen molar-refractivity contribution in [1.29, 1.82) is 0 Å². The average Bonchev–Trinajstić information content (AvgIpc) is 2.30. The van der Waals surface area contributed by atoms with Crippen LogP contribution in [0.1, 0.15) is 19.5 Å². The SMILES string of the molecule is CC(C)Cc1cc(=O)[nH]c(-c2cc(Cl)ccc2Cl)n1. The fourth-order valence-corrected chi connectivity index (χ4v) is 2.22. The standard InChI is InChI=1S/C14H14Cl2N2O/c1-8(2)5-10-7-13(19)18-14(17-10)11-6-9(15)3-4-12(11)16/h3-4,6-8H,5H2,1-2H3,(H,17,18,19). The fraction of sp³-hybridized carbons (Fsp3) is 0.286. The normalized spacial score (nSPS) is 11.0. The molecule has 1 aromatic heterocycles. The molecule has 0 fully saturated rings. The first-order chi connectivity index (χ1) is 8.95. The Hall–Kier alpha value is -1.32. The van der Waals surface area contributed by atoms with Crippen LogP contribution in [0, 0.1) is 5.92 Å². The molecule has 0 bridgehead atoms. The minimum atomic E-state index is -0.184. The molecule has 19 heavy (non-hydrogen) atoms. The maximum absolute atomic E-state index is 11.7. The molecule has 0 unspecified atom stereocenters. The molecule has 0 radical (unpaired) electrons. The zero-order valence-electron chi connectivity index (χ0n) is 10.7. The second-order valence-electron chi connectivity index (χ2n) is 4.81. The summed E-state index contributed by atoms with van der Waals surface area (Å²) < 4.78 is 0. The van der Waals surface area contributed by atoms with Crippen molar-refractivity contribution in [2.75, 3.05) is 0 Å². The zero-order chi connectivity index (χ0) is 14.0. The predicted molar refractivity (Wildman–Crippen MR) is 78.9 cm³/mol. The van der Waals surface area contributed by atoms with Crippen LogP contribution < -0.4 is 5.56 Å². The van der Waals surface area contributed by atoms with Crippen molar-refractivity contribution in [3.05, 3.63) is 50.4 Å². The smallest absolute Gasteiger partial charge is 0.251 e. The van der Waals surface area contributed by atoms with Crippen LogP contribution in [0.3, 0.4) is 0 Å². The Balaban J connectivity index is 2.53. The minimum Gasteiger partial charge on any atom is -0.306 e. The Kier molecular flexibility index (Phi) is 4.27. The van der Waals surface area contributed by atoms with Crippen molar-refractivity contribution >= 4 is 23.2 Å². The average molecular weight is 297 g/mol. The Bertz CT molecular complexity index is 650. The van der Waals surface area contributed by atoms with Gasteiger partial charge in [0.1, 0.15) is 5.82 Å². The molecule has 0 aliphatic carbocycles. The molecule has 1 N–H and O–H groups in total. The lowest BCUT2D eigenvalue weighted by molar-refractivity contribution is 0.634. The van der Waals surface area contributed by atoms with Gasteiger partial charge in [-0.1, -0.05) is 37.0 Å². The van der Waals surface area contributed by atoms with Gasteiger partial charge in [-0.2, -0.15) is 0 Å². The topological polar surface area (TPSA) is 45.8 Å². The summed E-state index contributed by atoms with van der Waals surface area (Å²) in [6.07, 6.45) is 0.745. The third-order valence-corrected chi connectivity index (χ3v) is 3.16. The number of hydrogen-bond acceptors (Lipinski definition) is 2. The molecule has 3 nitrogen and oxygen atoms in total. The molecule has 2 aromatic rings. The predicted octanol–water partition coefficient (Wildman–Crippen LogP) is 3.94. The van der Waals surface area contributed by atoms with Crippen molar-refractivity contribution in [3.63, 3.8) is 0 Å². The van der Waals surface area contributed by atoms with Crippen LogP contribution >= 0.6 is 23.2 Å². The van der Waals surface area contributed by atoms with Crippen molar-refractivity contribution in [3.8, 4) is 11.4 Å². The lowest BCUT2D eigenvalue weighted by atomic mass is 10.1. The van der Waals surface area contributed by atoms with E-state index in [1.807, 2.05) is 0 Å². The van der Waals surface area contributed by atoms with Gasteiger partial charge in [0.25, 0.3) is 5.56 Å². The van der Waals surface area contributed by atoms with Crippen LogP contribution in [0.4, 0.5) is 0 Å². The van der Waals surface area contributed by atoms with E-state index in [1.54, 1.807) is 18.2 Å². The first-order valence-corrected chi connectivity index (χ1v) is 6.77. The number of hydrogen-bond donors (Lipinski definition) is 1. The van der Waals surface area contributed by atoms with Gasteiger partial charge in [0.15, 0.2) is 0 Å². The third kappa shape index (κ3) is 3.58. The van der Waals surface area contributed by atoms with Gasteiger partial charge in [0.05, 0.1) is 5.02 Å². The van der Waals surface area contributed by atoms with Crippen molar-refractivity contribution in [2.45, 2.75) is 20.3 Å². The lowest BCUT2D eigenvalue weighted by Gasteiger charge is -2.08. The Morgan fingerprint density at radius 3 is 2.68 bits per heavy atom. The molecule has 0 amide bonds. The monoisotopic (exact) mass is 296 g/mol. The van der Waals surface area contributed by atoms with Crippen LogP contribution in [0.15, 0.2) is 29.1 Å². The van der Waals surface area contributed by atoms with Crippen LogP contribution in [0.25, 0.3) is 11.4 Å². The number of nitrogens with zero attached hydrogens (tertiary/aromatic N) is 1. The molecule has 1 aromatic carbocycles. The maximum Gasteiger partial charge on any atom is 0.251 e. The van der Waals surface area contributed by atoms with Crippen molar-refractivity contribution in [2.24, 2.45) is 5.92 Å². The highest BCUT2D eigenvalue weighted by atomic mass is 35.5. The van der Waals surface area contributed by atoms with Crippen LogP contribution in [0.5, 0.6) is 0 Å². The van der Waals surface area contributed by atoms with E-state index in [1.165, 1.54) is 6.07 Å². The Morgan fingerprint density at radius 2 is 2.00 bits per heavy atom. The van der Waals surface area contributed by atoms with Gasteiger partial charge in [-0.05, 0) is 30.5 Å². The molecule has 2 rings (SSSR count). The Morgan fingerprint density at radius 1 is 1.26 bits per heavy atom. The van der Waals surface area contributed by atoms with Gasteiger partial charge in [0.2, 0.25) is 0 Å². The second kappa shape index (κ2) is 5.76. The molecule has 0 spiro atoms. The highest BCUT2D eigenvalue weighted by molar-refractivity contribution is 6.35. The fourth-order valence-electron chi connectivity index (χ4n) is 1.84. The molecule has 0 saturated carbocycles. The summed E-state index contributed by atoms with van der Waals surface area (Å²) in [4.78, 5) is 18.8. The number of rotatable bonds is 3. The first-order valence-electron chi connectivity index (χ1n) is 6.01. The number of benzene rings is 1. The molecule has 0 saturated heterocycles. The van der Waals surface area contributed by atoms with E-state index >= 15 is 0 Å². The summed E-state index contributed by atoms with van der Waals surface area (Å²) in [5.41, 5.74) is 1.21. The zero-order valence-corrected chi connectivity index (χ0v) is 12.2. The summed E-state index contributed by atoms with van der Waals surface area (Å²) in [5.74, 6) is 0.882. The summed E-state index contributed by atoms with van der Waals surface area (Å²) in [5, 5.41) is 1.06. The number of aromatic amines is 1. The molecule has 0 atom stereocenters. The second-order valence-corrected chi connectivity index (χ2v) is 5.65. The summed E-state index contributed by atoms with van der Waals surface area (Å²) in [7, 11) is 0. The van der Waals surface area contributed by atoms with Crippen molar-refractivity contribution < 1.29 is 0 Å². The van der Waals surface area contributed by atoms with Gasteiger partial charge in [-0.3, -0.25) is 4.79 Å². The van der Waals surface area contributed by atoms with E-state index in [9.17, 15) is 4.79 Å². The van der Waals surface area contributed by atoms with Gasteiger partial charge in [-0.15, -0.1) is 0 Å². The Labute approximate surface area is 121 Å². The molecule has 1 heterocycles. The first kappa shape index (κ1) is 14.1. The molecule has 100 valence electrons. The third-order valence-electron chi connectivity index (χ3n) is 2.60. The maximum atomic E-state index is 11.7. The van der Waals surface area contributed by atoms with E-state index in [-0.39, 0.29) is 5.56 Å².